The predicted molar refractivity (Wildman–Crippen MR) is 83.9 cm³/mol. The summed E-state index contributed by atoms with van der Waals surface area (Å²) in [6.45, 7) is 4.60. The highest BCUT2D eigenvalue weighted by Crippen LogP contribution is 2.19. The van der Waals surface area contributed by atoms with Crippen LogP contribution in [0.25, 0.3) is 0 Å². The van der Waals surface area contributed by atoms with Crippen molar-refractivity contribution < 1.29 is 9.59 Å². The second-order valence-corrected chi connectivity index (χ2v) is 5.77. The second kappa shape index (κ2) is 6.21. The number of pyridine rings is 1. The maximum atomic E-state index is 11.7. The Labute approximate surface area is 129 Å². The Morgan fingerprint density at radius 3 is 2.45 bits per heavy atom. The fraction of sp³-hybridized carbons (Fsp3) is 0.533. The molecule has 2 N–H and O–H groups in total. The summed E-state index contributed by atoms with van der Waals surface area (Å²) < 4.78 is 0. The Morgan fingerprint density at radius 1 is 1.18 bits per heavy atom. The van der Waals surface area contributed by atoms with Crippen molar-refractivity contribution >= 4 is 23.4 Å². The number of rotatable bonds is 3. The summed E-state index contributed by atoms with van der Waals surface area (Å²) in [4.78, 5) is 31.4. The van der Waals surface area contributed by atoms with Crippen LogP contribution in [0, 0.1) is 0 Å². The SMILES string of the molecule is CC(=O)N1CCN(c2ccc(NC(=O)NC3CC3)cn2)CC1. The molecule has 0 unspecified atom stereocenters. The molecule has 0 bridgehead atoms. The molecule has 7 heteroatoms. The minimum absolute atomic E-state index is 0.119. The number of nitrogens with zero attached hydrogens (tertiary/aromatic N) is 3. The number of aromatic nitrogens is 1. The quantitative estimate of drug-likeness (QED) is 0.874. The molecule has 2 aliphatic rings. The molecule has 0 spiro atoms. The molecule has 22 heavy (non-hydrogen) atoms. The number of carbonyl (C=O) groups is 2. The van der Waals surface area contributed by atoms with Crippen molar-refractivity contribution in [3.05, 3.63) is 18.3 Å². The number of nitrogens with one attached hydrogen (secondary N) is 2. The van der Waals surface area contributed by atoms with Gasteiger partial charge in [-0.05, 0) is 25.0 Å². The Morgan fingerprint density at radius 2 is 1.91 bits per heavy atom. The van der Waals surface area contributed by atoms with Crippen molar-refractivity contribution in [2.45, 2.75) is 25.8 Å². The van der Waals surface area contributed by atoms with Gasteiger partial charge < -0.3 is 20.4 Å². The molecule has 1 saturated heterocycles. The summed E-state index contributed by atoms with van der Waals surface area (Å²) in [5.41, 5.74) is 0.685. The van der Waals surface area contributed by atoms with E-state index in [4.69, 9.17) is 0 Å². The maximum Gasteiger partial charge on any atom is 0.319 e. The van der Waals surface area contributed by atoms with E-state index in [0.29, 0.717) is 11.7 Å². The molecule has 1 aliphatic carbocycles. The van der Waals surface area contributed by atoms with E-state index >= 15 is 0 Å². The minimum atomic E-state index is -0.174. The van der Waals surface area contributed by atoms with Crippen LogP contribution in [0.1, 0.15) is 19.8 Å². The molecule has 118 valence electrons. The summed E-state index contributed by atoms with van der Waals surface area (Å²) in [5.74, 6) is 0.991. The average molecular weight is 303 g/mol. The fourth-order valence-corrected chi connectivity index (χ4v) is 2.48. The van der Waals surface area contributed by atoms with Crippen LogP contribution in [0.15, 0.2) is 18.3 Å². The average Bonchev–Trinajstić information content (AvgIpc) is 3.32. The smallest absolute Gasteiger partial charge is 0.319 e. The van der Waals surface area contributed by atoms with Crippen LogP contribution < -0.4 is 15.5 Å². The third kappa shape index (κ3) is 3.66. The molecule has 1 aliphatic heterocycles. The molecule has 7 nitrogen and oxygen atoms in total. The lowest BCUT2D eigenvalue weighted by atomic mass is 10.3. The van der Waals surface area contributed by atoms with E-state index in [0.717, 1.165) is 44.8 Å². The van der Waals surface area contributed by atoms with E-state index in [1.165, 1.54) is 0 Å². The van der Waals surface area contributed by atoms with Gasteiger partial charge in [-0.1, -0.05) is 0 Å². The molecular weight excluding hydrogens is 282 g/mol. The normalized spacial score (nSPS) is 18.0. The molecule has 1 aromatic rings. The Bertz CT molecular complexity index is 548. The molecule has 0 radical (unpaired) electrons. The largest absolute Gasteiger partial charge is 0.353 e. The van der Waals surface area contributed by atoms with Crippen LogP contribution >= 0.6 is 0 Å². The lowest BCUT2D eigenvalue weighted by Crippen LogP contribution is -2.48. The number of amides is 3. The first-order valence-corrected chi connectivity index (χ1v) is 7.66. The van der Waals surface area contributed by atoms with E-state index in [1.807, 2.05) is 17.0 Å². The highest BCUT2D eigenvalue weighted by molar-refractivity contribution is 5.89. The standard InChI is InChI=1S/C15H21N5O2/c1-11(21)19-6-8-20(9-7-19)14-5-4-13(10-16-14)18-15(22)17-12-2-3-12/h4-5,10,12H,2-3,6-9H2,1H3,(H2,17,18,22). The van der Waals surface area contributed by atoms with E-state index in [9.17, 15) is 9.59 Å². The molecule has 2 fully saturated rings. The second-order valence-electron chi connectivity index (χ2n) is 5.77. The lowest BCUT2D eigenvalue weighted by molar-refractivity contribution is -0.129. The number of piperazine rings is 1. The Balaban J connectivity index is 1.53. The van der Waals surface area contributed by atoms with Gasteiger partial charge in [-0.15, -0.1) is 0 Å². The van der Waals surface area contributed by atoms with Crippen molar-refractivity contribution in [1.82, 2.24) is 15.2 Å². The van der Waals surface area contributed by atoms with Crippen molar-refractivity contribution in [3.8, 4) is 0 Å². The summed E-state index contributed by atoms with van der Waals surface area (Å²) in [7, 11) is 0. The van der Waals surface area contributed by atoms with Gasteiger partial charge in [-0.2, -0.15) is 0 Å². The van der Waals surface area contributed by atoms with Gasteiger partial charge >= 0.3 is 6.03 Å². The van der Waals surface area contributed by atoms with E-state index in [-0.39, 0.29) is 11.9 Å². The minimum Gasteiger partial charge on any atom is -0.353 e. The van der Waals surface area contributed by atoms with Gasteiger partial charge in [0.2, 0.25) is 5.91 Å². The number of hydrogen-bond acceptors (Lipinski definition) is 4. The Kier molecular flexibility index (Phi) is 4.13. The van der Waals surface area contributed by atoms with E-state index in [1.54, 1.807) is 13.1 Å². The zero-order valence-electron chi connectivity index (χ0n) is 12.7. The molecule has 3 amide bonds. The van der Waals surface area contributed by atoms with Gasteiger partial charge in [-0.25, -0.2) is 9.78 Å². The summed E-state index contributed by atoms with van der Waals surface area (Å²) in [6.07, 6.45) is 3.80. The Hall–Kier alpha value is -2.31. The zero-order chi connectivity index (χ0) is 15.5. The molecule has 0 atom stereocenters. The first-order valence-electron chi connectivity index (χ1n) is 7.66. The van der Waals surface area contributed by atoms with Gasteiger partial charge in [-0.3, -0.25) is 4.79 Å². The maximum absolute atomic E-state index is 11.7. The number of hydrogen-bond donors (Lipinski definition) is 2. The van der Waals surface area contributed by atoms with Crippen LogP contribution in [0.5, 0.6) is 0 Å². The molecular formula is C15H21N5O2. The van der Waals surface area contributed by atoms with Crippen molar-refractivity contribution in [3.63, 3.8) is 0 Å². The topological polar surface area (TPSA) is 77.6 Å². The fourth-order valence-electron chi connectivity index (χ4n) is 2.48. The highest BCUT2D eigenvalue weighted by atomic mass is 16.2. The molecule has 0 aromatic carbocycles. The van der Waals surface area contributed by atoms with Crippen LogP contribution in [-0.4, -0.2) is 54.0 Å². The van der Waals surface area contributed by atoms with Gasteiger partial charge in [0.15, 0.2) is 0 Å². The third-order valence-electron chi connectivity index (χ3n) is 3.97. The first-order chi connectivity index (χ1) is 10.6. The molecule has 3 rings (SSSR count). The van der Waals surface area contributed by atoms with Crippen molar-refractivity contribution in [2.75, 3.05) is 36.4 Å². The number of anilines is 2. The van der Waals surface area contributed by atoms with Crippen LogP contribution in [0.3, 0.4) is 0 Å². The van der Waals surface area contributed by atoms with E-state index in [2.05, 4.69) is 20.5 Å². The zero-order valence-corrected chi connectivity index (χ0v) is 12.7. The summed E-state index contributed by atoms with van der Waals surface area (Å²) >= 11 is 0. The van der Waals surface area contributed by atoms with Crippen molar-refractivity contribution in [2.24, 2.45) is 0 Å². The molecule has 1 saturated carbocycles. The molecule has 1 aromatic heterocycles. The number of carbonyl (C=O) groups excluding carboxylic acids is 2. The van der Waals surface area contributed by atoms with Crippen molar-refractivity contribution in [1.29, 1.82) is 0 Å². The summed E-state index contributed by atoms with van der Waals surface area (Å²) in [5, 5.41) is 5.65. The lowest BCUT2D eigenvalue weighted by Gasteiger charge is -2.34. The van der Waals surface area contributed by atoms with Crippen LogP contribution in [-0.2, 0) is 4.79 Å². The highest BCUT2D eigenvalue weighted by Gasteiger charge is 2.23. The van der Waals surface area contributed by atoms with E-state index < -0.39 is 0 Å². The predicted octanol–water partition coefficient (Wildman–Crippen LogP) is 1.03. The van der Waals surface area contributed by atoms with Gasteiger partial charge in [0.1, 0.15) is 5.82 Å². The van der Waals surface area contributed by atoms with Gasteiger partial charge in [0.05, 0.1) is 11.9 Å². The molecule has 2 heterocycles. The third-order valence-corrected chi connectivity index (χ3v) is 3.97. The van der Waals surface area contributed by atoms with Crippen LogP contribution in [0.4, 0.5) is 16.3 Å². The summed E-state index contributed by atoms with van der Waals surface area (Å²) in [6, 6.07) is 3.92. The van der Waals surface area contributed by atoms with Gasteiger partial charge in [0, 0.05) is 39.1 Å². The van der Waals surface area contributed by atoms with Gasteiger partial charge in [0.25, 0.3) is 0 Å². The number of urea groups is 1. The first kappa shape index (κ1) is 14.6. The van der Waals surface area contributed by atoms with Crippen LogP contribution in [0.2, 0.25) is 0 Å². The monoisotopic (exact) mass is 303 g/mol.